The third-order valence-corrected chi connectivity index (χ3v) is 6.10. The highest BCUT2D eigenvalue weighted by Gasteiger charge is 2.37. The topological polar surface area (TPSA) is 74.3 Å². The molecule has 0 aliphatic carbocycles. The van der Waals surface area contributed by atoms with E-state index in [0.717, 1.165) is 11.1 Å². The van der Waals surface area contributed by atoms with Gasteiger partial charge in [-0.15, -0.1) is 0 Å². The maximum Gasteiger partial charge on any atom is 0.416 e. The summed E-state index contributed by atoms with van der Waals surface area (Å²) in [6.07, 6.45) is -7.29. The maximum atomic E-state index is 13.1. The molecule has 0 aromatic heterocycles. The summed E-state index contributed by atoms with van der Waals surface area (Å²) < 4.78 is 84.8. The van der Waals surface area contributed by atoms with Crippen LogP contribution < -0.4 is 0 Å². The monoisotopic (exact) mass is 543 g/mol. The number of nitrogens with zero attached hydrogens (tertiary/aromatic N) is 4. The SMILES string of the molecule is CC(=O)N1CC[C@@H](c2ccccc2C)[C@@H](OCc2cc(C(F)(F)F)cc(C(F)(F)F)c2)C1.O=[N+]1C=CN=N1. The lowest BCUT2D eigenvalue weighted by atomic mass is 9.84. The van der Waals surface area contributed by atoms with Crippen molar-refractivity contribution in [1.82, 2.24) is 4.90 Å². The van der Waals surface area contributed by atoms with Gasteiger partial charge in [0.05, 0.1) is 29.0 Å². The lowest BCUT2D eigenvalue weighted by Crippen LogP contribution is -2.46. The second kappa shape index (κ2) is 11.8. The number of carbonyl (C=O) groups is 1. The van der Waals surface area contributed by atoms with E-state index in [1.807, 2.05) is 31.2 Å². The zero-order valence-electron chi connectivity index (χ0n) is 20.5. The van der Waals surface area contributed by atoms with Crippen LogP contribution in [0.5, 0.6) is 0 Å². The number of carbonyl (C=O) groups excluding carboxylic acids is 1. The Hall–Kier alpha value is -3.61. The molecular formula is C25H25F6N4O3+. The second-order valence-electron chi connectivity index (χ2n) is 8.79. The van der Waals surface area contributed by atoms with Gasteiger partial charge < -0.3 is 9.64 Å². The van der Waals surface area contributed by atoms with E-state index in [1.54, 1.807) is 4.90 Å². The Morgan fingerprint density at radius 2 is 1.71 bits per heavy atom. The first-order valence-electron chi connectivity index (χ1n) is 11.5. The van der Waals surface area contributed by atoms with Gasteiger partial charge in [0, 0.05) is 25.9 Å². The van der Waals surface area contributed by atoms with Crippen LogP contribution in [0.4, 0.5) is 26.3 Å². The molecule has 0 radical (unpaired) electrons. The molecule has 2 aliphatic heterocycles. The number of likely N-dealkylation sites (tertiary alicyclic amines) is 1. The van der Waals surface area contributed by atoms with Crippen LogP contribution in [0.3, 0.4) is 0 Å². The van der Waals surface area contributed by atoms with Crippen LogP contribution in [0.15, 0.2) is 65.2 Å². The molecule has 0 bridgehead atoms. The molecule has 0 saturated carbocycles. The fourth-order valence-corrected chi connectivity index (χ4v) is 4.23. The summed E-state index contributed by atoms with van der Waals surface area (Å²) >= 11 is 0. The van der Waals surface area contributed by atoms with Gasteiger partial charge in [-0.25, -0.2) is 0 Å². The van der Waals surface area contributed by atoms with Crippen molar-refractivity contribution < 1.29 is 40.7 Å². The number of amides is 1. The number of piperidine rings is 1. The minimum Gasteiger partial charge on any atom is -0.371 e. The summed E-state index contributed by atoms with van der Waals surface area (Å²) in [5, 5.41) is 6.25. The van der Waals surface area contributed by atoms with Crippen LogP contribution >= 0.6 is 0 Å². The van der Waals surface area contributed by atoms with E-state index in [9.17, 15) is 36.0 Å². The quantitative estimate of drug-likeness (QED) is 0.323. The van der Waals surface area contributed by atoms with E-state index in [4.69, 9.17) is 4.74 Å². The van der Waals surface area contributed by atoms with E-state index in [-0.39, 0.29) is 30.0 Å². The number of ether oxygens (including phenoxy) is 1. The maximum absolute atomic E-state index is 13.1. The molecule has 7 nitrogen and oxygen atoms in total. The van der Waals surface area contributed by atoms with Crippen LogP contribution in [0.25, 0.3) is 0 Å². The van der Waals surface area contributed by atoms with Gasteiger partial charge in [-0.05, 0) is 53.1 Å². The average Bonchev–Trinajstić information content (AvgIpc) is 3.33. The van der Waals surface area contributed by atoms with Crippen LogP contribution in [-0.4, -0.2) is 34.9 Å². The molecule has 38 heavy (non-hydrogen) atoms. The molecule has 0 spiro atoms. The van der Waals surface area contributed by atoms with E-state index in [2.05, 4.69) is 10.3 Å². The minimum atomic E-state index is -4.92. The van der Waals surface area contributed by atoms with Gasteiger partial charge in [0.2, 0.25) is 18.3 Å². The fraction of sp³-hybridized carbons (Fsp3) is 0.400. The van der Waals surface area contributed by atoms with Crippen LogP contribution in [0, 0.1) is 11.8 Å². The first kappa shape index (κ1) is 29.0. The predicted molar refractivity (Wildman–Crippen MR) is 123 cm³/mol. The summed E-state index contributed by atoms with van der Waals surface area (Å²) in [5.74, 6) is -0.306. The highest BCUT2D eigenvalue weighted by molar-refractivity contribution is 5.73. The standard InChI is InChI=1S/C23H23F6NO2.C2H2N3O/c1-14-5-3-4-6-19(14)20-7-8-30(15(2)31)12-21(20)32-13-16-9-17(22(24,25)26)11-18(10-16)23(27,28)29;6-5-2-1-3-4-5/h3-6,9-11,20-21H,7-8,12-13H2,1-2H3;1-2H/q;+1/t20-,21-;/m0./s1. The molecule has 1 amide bonds. The molecule has 2 heterocycles. The Kier molecular flexibility index (Phi) is 9.02. The minimum absolute atomic E-state index is 0.0950. The Bertz CT molecular complexity index is 1180. The van der Waals surface area contributed by atoms with Gasteiger partial charge in [-0.1, -0.05) is 24.3 Å². The Morgan fingerprint density at radius 3 is 2.18 bits per heavy atom. The summed E-state index contributed by atoms with van der Waals surface area (Å²) in [6, 6.07) is 9.02. The fourth-order valence-electron chi connectivity index (χ4n) is 4.23. The molecule has 2 atom stereocenters. The van der Waals surface area contributed by atoms with Gasteiger partial charge in [0.25, 0.3) is 0 Å². The number of halogens is 6. The Morgan fingerprint density at radius 1 is 1.08 bits per heavy atom. The number of rotatable bonds is 4. The number of benzene rings is 2. The van der Waals surface area contributed by atoms with Crippen molar-refractivity contribution in [2.45, 2.75) is 51.2 Å². The van der Waals surface area contributed by atoms with Crippen LogP contribution in [0.2, 0.25) is 0 Å². The first-order valence-corrected chi connectivity index (χ1v) is 11.5. The van der Waals surface area contributed by atoms with Gasteiger partial charge in [-0.2, -0.15) is 26.3 Å². The highest BCUT2D eigenvalue weighted by atomic mass is 19.4. The molecule has 2 aliphatic rings. The smallest absolute Gasteiger partial charge is 0.371 e. The predicted octanol–water partition coefficient (Wildman–Crippen LogP) is 6.57. The molecule has 0 N–H and O–H groups in total. The van der Waals surface area contributed by atoms with E-state index in [1.165, 1.54) is 19.3 Å². The summed E-state index contributed by atoms with van der Waals surface area (Å²) in [4.78, 5) is 23.6. The van der Waals surface area contributed by atoms with Gasteiger partial charge in [0.15, 0.2) is 5.22 Å². The summed E-state index contributed by atoms with van der Waals surface area (Å²) in [6.45, 7) is 3.60. The zero-order valence-corrected chi connectivity index (χ0v) is 20.5. The van der Waals surface area contributed by atoms with Crippen molar-refractivity contribution >= 4 is 5.91 Å². The summed E-state index contributed by atoms with van der Waals surface area (Å²) in [5.41, 5.74) is -0.997. The van der Waals surface area contributed by atoms with Crippen molar-refractivity contribution in [1.29, 1.82) is 0 Å². The molecule has 1 saturated heterocycles. The van der Waals surface area contributed by atoms with Gasteiger partial charge >= 0.3 is 12.4 Å². The van der Waals surface area contributed by atoms with Crippen molar-refractivity contribution in [3.8, 4) is 0 Å². The Balaban J connectivity index is 0.000000585. The van der Waals surface area contributed by atoms with Crippen molar-refractivity contribution in [3.05, 3.63) is 87.6 Å². The molecule has 204 valence electrons. The van der Waals surface area contributed by atoms with Gasteiger partial charge in [0.1, 0.15) is 4.87 Å². The van der Waals surface area contributed by atoms with Crippen molar-refractivity contribution in [3.63, 3.8) is 0 Å². The largest absolute Gasteiger partial charge is 0.416 e. The number of aryl methyl sites for hydroxylation is 1. The molecule has 4 rings (SSSR count). The first-order chi connectivity index (χ1) is 17.8. The number of nitroso groups, excluding NO2 is 1. The second-order valence-corrected chi connectivity index (χ2v) is 8.79. The third kappa shape index (κ3) is 7.70. The molecule has 2 aromatic carbocycles. The van der Waals surface area contributed by atoms with Gasteiger partial charge in [-0.3, -0.25) is 4.79 Å². The number of hydrogen-bond donors (Lipinski definition) is 0. The normalized spacial score (nSPS) is 19.4. The van der Waals surface area contributed by atoms with Crippen LogP contribution in [0.1, 0.15) is 47.1 Å². The lowest BCUT2D eigenvalue weighted by Gasteiger charge is -2.39. The summed E-state index contributed by atoms with van der Waals surface area (Å²) in [7, 11) is 0. The highest BCUT2D eigenvalue weighted by Crippen LogP contribution is 2.37. The van der Waals surface area contributed by atoms with E-state index in [0.29, 0.717) is 30.0 Å². The van der Waals surface area contributed by atoms with E-state index < -0.39 is 36.2 Å². The molecule has 2 aromatic rings. The molecule has 0 unspecified atom stereocenters. The molecular weight excluding hydrogens is 518 g/mol. The van der Waals surface area contributed by atoms with Crippen molar-refractivity contribution in [2.24, 2.45) is 10.3 Å². The molecule has 1 fully saturated rings. The average molecular weight is 543 g/mol. The van der Waals surface area contributed by atoms with Crippen LogP contribution in [-0.2, 0) is 28.5 Å². The lowest BCUT2D eigenvalue weighted by molar-refractivity contribution is -0.486. The molecule has 13 heteroatoms. The van der Waals surface area contributed by atoms with Crippen molar-refractivity contribution in [2.75, 3.05) is 13.1 Å². The zero-order chi connectivity index (χ0) is 28.1. The Labute approximate surface area is 214 Å². The number of hydrogen-bond acceptors (Lipinski definition) is 4. The number of alkyl halides is 6. The van der Waals surface area contributed by atoms with E-state index >= 15 is 0 Å². The third-order valence-electron chi connectivity index (χ3n) is 6.10.